The van der Waals surface area contributed by atoms with Crippen molar-refractivity contribution in [3.8, 4) is 0 Å². The van der Waals surface area contributed by atoms with Crippen molar-refractivity contribution in [3.05, 3.63) is 52.9 Å². The highest BCUT2D eigenvalue weighted by Crippen LogP contribution is 2.44. The molecule has 1 saturated carbocycles. The van der Waals surface area contributed by atoms with Crippen LogP contribution in [-0.4, -0.2) is 38.8 Å². The van der Waals surface area contributed by atoms with Gasteiger partial charge >= 0.3 is 0 Å². The van der Waals surface area contributed by atoms with E-state index in [1.807, 2.05) is 25.3 Å². The highest BCUT2D eigenvalue weighted by atomic mass is 16.5. The largest absolute Gasteiger partial charge is 0.360 e. The molecule has 2 fully saturated rings. The zero-order chi connectivity index (χ0) is 16.3. The summed E-state index contributed by atoms with van der Waals surface area (Å²) in [5.74, 6) is 1.45. The Bertz CT molecular complexity index is 841. The van der Waals surface area contributed by atoms with E-state index in [9.17, 15) is 4.79 Å². The van der Waals surface area contributed by atoms with E-state index in [0.29, 0.717) is 31.3 Å². The maximum atomic E-state index is 12.6. The van der Waals surface area contributed by atoms with Crippen LogP contribution in [0.1, 0.15) is 52.0 Å². The molecule has 6 heteroatoms. The van der Waals surface area contributed by atoms with Gasteiger partial charge in [0, 0.05) is 23.4 Å². The number of aromatic nitrogens is 3. The van der Waals surface area contributed by atoms with E-state index in [1.165, 1.54) is 12.8 Å². The fraction of sp³-hybridized carbons (Fsp3) is 0.444. The number of likely N-dealkylation sites (tertiary alicyclic amines) is 1. The summed E-state index contributed by atoms with van der Waals surface area (Å²) >= 11 is 0. The van der Waals surface area contributed by atoms with Gasteiger partial charge in [0.25, 0.3) is 5.91 Å². The lowest BCUT2D eigenvalue weighted by Gasteiger charge is -2.47. The number of nitrogens with zero attached hydrogens (tertiary/aromatic N) is 4. The maximum absolute atomic E-state index is 12.6. The van der Waals surface area contributed by atoms with Crippen LogP contribution in [0.15, 0.2) is 24.4 Å². The third-order valence-corrected chi connectivity index (χ3v) is 5.09. The van der Waals surface area contributed by atoms with Gasteiger partial charge in [0.05, 0.1) is 25.4 Å². The molecule has 2 aromatic heterocycles. The van der Waals surface area contributed by atoms with E-state index in [-0.39, 0.29) is 5.91 Å². The zero-order valence-electron chi connectivity index (χ0n) is 13.5. The average Bonchev–Trinajstić information content (AvgIpc) is 3.33. The van der Waals surface area contributed by atoms with Crippen LogP contribution >= 0.6 is 0 Å². The molecule has 24 heavy (non-hydrogen) atoms. The minimum Gasteiger partial charge on any atom is -0.360 e. The molecular formula is C18H18N4O2. The van der Waals surface area contributed by atoms with Gasteiger partial charge in [-0.15, -0.1) is 0 Å². The third-order valence-electron chi connectivity index (χ3n) is 5.09. The predicted octanol–water partition coefficient (Wildman–Crippen LogP) is 1.94. The summed E-state index contributed by atoms with van der Waals surface area (Å²) < 4.78 is 6.03. The van der Waals surface area contributed by atoms with E-state index in [1.54, 1.807) is 11.0 Å². The number of ether oxygens (including phenoxy) is 1. The number of hydrogen-bond acceptors (Lipinski definition) is 5. The van der Waals surface area contributed by atoms with Gasteiger partial charge < -0.3 is 9.64 Å². The Morgan fingerprint density at radius 2 is 2.12 bits per heavy atom. The molecule has 4 heterocycles. The molecule has 6 nitrogen and oxygen atoms in total. The Morgan fingerprint density at radius 1 is 1.29 bits per heavy atom. The number of aryl methyl sites for hydroxylation is 1. The SMILES string of the molecule is Cc1cccc(C(=O)N2CC3(C2)OCc2nc(C4CC4)ncc23)n1. The van der Waals surface area contributed by atoms with Gasteiger partial charge in [-0.1, -0.05) is 6.07 Å². The minimum atomic E-state index is -0.420. The van der Waals surface area contributed by atoms with Gasteiger partial charge in [-0.3, -0.25) is 4.79 Å². The molecule has 2 aromatic rings. The highest BCUT2D eigenvalue weighted by Gasteiger charge is 2.53. The maximum Gasteiger partial charge on any atom is 0.272 e. The number of carbonyl (C=O) groups excluding carboxylic acids is 1. The highest BCUT2D eigenvalue weighted by molar-refractivity contribution is 5.93. The molecule has 1 aliphatic carbocycles. The summed E-state index contributed by atoms with van der Waals surface area (Å²) in [7, 11) is 0. The molecule has 3 aliphatic rings. The molecule has 1 amide bonds. The van der Waals surface area contributed by atoms with E-state index < -0.39 is 5.60 Å². The predicted molar refractivity (Wildman–Crippen MR) is 85.4 cm³/mol. The van der Waals surface area contributed by atoms with Crippen molar-refractivity contribution in [1.29, 1.82) is 0 Å². The molecule has 1 spiro atoms. The van der Waals surface area contributed by atoms with Crippen LogP contribution in [0.3, 0.4) is 0 Å². The minimum absolute atomic E-state index is 0.0445. The molecule has 5 rings (SSSR count). The Labute approximate surface area is 139 Å². The Kier molecular flexibility index (Phi) is 2.83. The van der Waals surface area contributed by atoms with E-state index in [2.05, 4.69) is 15.0 Å². The summed E-state index contributed by atoms with van der Waals surface area (Å²) in [4.78, 5) is 27.9. The van der Waals surface area contributed by atoms with Gasteiger partial charge in [0.1, 0.15) is 17.1 Å². The van der Waals surface area contributed by atoms with Gasteiger partial charge in [-0.05, 0) is 31.9 Å². The van der Waals surface area contributed by atoms with E-state index >= 15 is 0 Å². The summed E-state index contributed by atoms with van der Waals surface area (Å²) in [6.45, 7) is 3.49. The summed E-state index contributed by atoms with van der Waals surface area (Å²) in [5.41, 5.74) is 2.96. The van der Waals surface area contributed by atoms with E-state index in [4.69, 9.17) is 4.74 Å². The van der Waals surface area contributed by atoms with Gasteiger partial charge in [-0.25, -0.2) is 15.0 Å². The van der Waals surface area contributed by atoms with Crippen LogP contribution in [0, 0.1) is 6.92 Å². The summed E-state index contributed by atoms with van der Waals surface area (Å²) in [6, 6.07) is 5.51. The molecule has 0 bridgehead atoms. The van der Waals surface area contributed by atoms with Crippen molar-refractivity contribution in [1.82, 2.24) is 19.9 Å². The molecule has 0 unspecified atom stereocenters. The van der Waals surface area contributed by atoms with Gasteiger partial charge in [0.2, 0.25) is 0 Å². The lowest BCUT2D eigenvalue weighted by atomic mass is 9.87. The second-order valence-corrected chi connectivity index (χ2v) is 6.97. The quantitative estimate of drug-likeness (QED) is 0.845. The summed E-state index contributed by atoms with van der Waals surface area (Å²) in [6.07, 6.45) is 4.29. The number of carbonyl (C=O) groups is 1. The Morgan fingerprint density at radius 3 is 2.88 bits per heavy atom. The van der Waals surface area contributed by atoms with Gasteiger partial charge in [0.15, 0.2) is 0 Å². The lowest BCUT2D eigenvalue weighted by Crippen LogP contribution is -2.61. The third kappa shape index (κ3) is 2.06. The fourth-order valence-corrected chi connectivity index (χ4v) is 3.55. The van der Waals surface area contributed by atoms with Crippen molar-refractivity contribution in [2.24, 2.45) is 0 Å². The second-order valence-electron chi connectivity index (χ2n) is 6.97. The molecule has 0 radical (unpaired) electrons. The smallest absolute Gasteiger partial charge is 0.272 e. The molecule has 0 atom stereocenters. The van der Waals surface area contributed by atoms with Crippen LogP contribution in [0.2, 0.25) is 0 Å². The van der Waals surface area contributed by atoms with Crippen molar-refractivity contribution in [2.75, 3.05) is 13.1 Å². The normalized spacial score (nSPS) is 20.8. The number of fused-ring (bicyclic) bond motifs is 2. The Balaban J connectivity index is 1.36. The molecular weight excluding hydrogens is 304 g/mol. The number of rotatable bonds is 2. The standard InChI is InChI=1S/C18H18N4O2/c1-11-3-2-4-14(20-11)17(23)22-9-18(10-22)13-7-19-16(12-5-6-12)21-15(13)8-24-18/h2-4,7,12H,5-6,8-10H2,1H3. The average molecular weight is 322 g/mol. The molecule has 0 N–H and O–H groups in total. The molecule has 0 aromatic carbocycles. The van der Waals surface area contributed by atoms with Crippen molar-refractivity contribution >= 4 is 5.91 Å². The van der Waals surface area contributed by atoms with Gasteiger partial charge in [-0.2, -0.15) is 0 Å². The van der Waals surface area contributed by atoms with E-state index in [0.717, 1.165) is 22.8 Å². The number of hydrogen-bond donors (Lipinski definition) is 0. The van der Waals surface area contributed by atoms with Crippen molar-refractivity contribution < 1.29 is 9.53 Å². The topological polar surface area (TPSA) is 68.2 Å². The first-order valence-electron chi connectivity index (χ1n) is 8.38. The van der Waals surface area contributed by atoms with Crippen LogP contribution < -0.4 is 0 Å². The van der Waals surface area contributed by atoms with Crippen LogP contribution in [-0.2, 0) is 16.9 Å². The fourth-order valence-electron chi connectivity index (χ4n) is 3.55. The Hall–Kier alpha value is -2.34. The van der Waals surface area contributed by atoms with Crippen LogP contribution in [0.5, 0.6) is 0 Å². The van der Waals surface area contributed by atoms with Crippen molar-refractivity contribution in [2.45, 2.75) is 37.9 Å². The monoisotopic (exact) mass is 322 g/mol. The second kappa shape index (κ2) is 4.83. The first kappa shape index (κ1) is 14.0. The summed E-state index contributed by atoms with van der Waals surface area (Å²) in [5, 5.41) is 0. The molecule has 2 aliphatic heterocycles. The van der Waals surface area contributed by atoms with Crippen LogP contribution in [0.25, 0.3) is 0 Å². The first-order valence-corrected chi connectivity index (χ1v) is 8.38. The molecule has 122 valence electrons. The first-order chi connectivity index (χ1) is 11.6. The lowest BCUT2D eigenvalue weighted by molar-refractivity contribution is -0.126. The van der Waals surface area contributed by atoms with Crippen LogP contribution in [0.4, 0.5) is 0 Å². The zero-order valence-corrected chi connectivity index (χ0v) is 13.5. The molecule has 1 saturated heterocycles. The number of amides is 1. The number of pyridine rings is 1. The van der Waals surface area contributed by atoms with Crippen molar-refractivity contribution in [3.63, 3.8) is 0 Å².